The van der Waals surface area contributed by atoms with Gasteiger partial charge in [0, 0.05) is 22.9 Å². The van der Waals surface area contributed by atoms with Gasteiger partial charge in [-0.3, -0.25) is 14.4 Å². The van der Waals surface area contributed by atoms with E-state index in [0.717, 1.165) is 5.56 Å². The van der Waals surface area contributed by atoms with Crippen LogP contribution in [0.2, 0.25) is 0 Å². The average Bonchev–Trinajstić information content (AvgIpc) is 3.00. The number of furan rings is 1. The molecule has 7 nitrogen and oxygen atoms in total. The number of benzene rings is 1. The lowest BCUT2D eigenvalue weighted by molar-refractivity contribution is -0.137. The second-order valence-corrected chi connectivity index (χ2v) is 5.64. The number of carboxylic acids is 1. The van der Waals surface area contributed by atoms with Gasteiger partial charge in [-0.25, -0.2) is 0 Å². The Morgan fingerprint density at radius 2 is 1.80 bits per heavy atom. The van der Waals surface area contributed by atoms with E-state index >= 15 is 0 Å². The molecular formula is C18H20N2O5. The number of aliphatic carboxylic acids is 1. The smallest absolute Gasteiger partial charge is 0.305 e. The van der Waals surface area contributed by atoms with Gasteiger partial charge in [-0.05, 0) is 43.7 Å². The van der Waals surface area contributed by atoms with Gasteiger partial charge in [-0.2, -0.15) is 0 Å². The molecule has 0 aliphatic carbocycles. The maximum atomic E-state index is 12.2. The molecule has 2 rings (SSSR count). The zero-order valence-corrected chi connectivity index (χ0v) is 14.0. The number of anilines is 1. The molecule has 0 aliphatic rings. The molecule has 1 atom stereocenters. The lowest BCUT2D eigenvalue weighted by Gasteiger charge is -2.15. The minimum Gasteiger partial charge on any atom is -0.481 e. The molecule has 1 aromatic heterocycles. The average molecular weight is 344 g/mol. The van der Waals surface area contributed by atoms with Gasteiger partial charge in [0.25, 0.3) is 11.8 Å². The predicted octanol–water partition coefficient (Wildman–Crippen LogP) is 2.82. The lowest BCUT2D eigenvalue weighted by Crippen LogP contribution is -2.36. The van der Waals surface area contributed by atoms with Crippen LogP contribution in [0.5, 0.6) is 0 Å². The summed E-state index contributed by atoms with van der Waals surface area (Å²) in [6.45, 7) is 3.58. The monoisotopic (exact) mass is 344 g/mol. The van der Waals surface area contributed by atoms with E-state index in [2.05, 4.69) is 10.6 Å². The van der Waals surface area contributed by atoms with Crippen LogP contribution in [-0.2, 0) is 4.79 Å². The molecule has 0 fully saturated rings. The Bertz CT molecular complexity index is 764. The van der Waals surface area contributed by atoms with Crippen LogP contribution >= 0.6 is 0 Å². The summed E-state index contributed by atoms with van der Waals surface area (Å²) in [5, 5.41) is 14.2. The molecule has 25 heavy (non-hydrogen) atoms. The zero-order chi connectivity index (χ0) is 18.4. The molecule has 7 heteroatoms. The Morgan fingerprint density at radius 3 is 2.32 bits per heavy atom. The van der Waals surface area contributed by atoms with Gasteiger partial charge < -0.3 is 20.2 Å². The topological polar surface area (TPSA) is 109 Å². The minimum atomic E-state index is -0.960. The first-order valence-corrected chi connectivity index (χ1v) is 7.89. The summed E-state index contributed by atoms with van der Waals surface area (Å²) < 4.78 is 5.12. The molecule has 0 bridgehead atoms. The number of carbonyl (C=O) groups excluding carboxylic acids is 2. The number of hydrogen-bond acceptors (Lipinski definition) is 4. The second kappa shape index (κ2) is 8.14. The summed E-state index contributed by atoms with van der Waals surface area (Å²) in [5.74, 6) is -1.44. The normalized spacial score (nSPS) is 11.6. The maximum absolute atomic E-state index is 12.2. The van der Waals surface area contributed by atoms with Crippen molar-refractivity contribution >= 4 is 23.5 Å². The molecule has 0 spiro atoms. The van der Waals surface area contributed by atoms with Crippen LogP contribution in [0.25, 0.3) is 0 Å². The van der Waals surface area contributed by atoms with Crippen molar-refractivity contribution in [3.63, 3.8) is 0 Å². The fourth-order valence-electron chi connectivity index (χ4n) is 2.28. The Morgan fingerprint density at radius 1 is 1.12 bits per heavy atom. The lowest BCUT2D eigenvalue weighted by atomic mass is 10.1. The van der Waals surface area contributed by atoms with Gasteiger partial charge in [0.1, 0.15) is 0 Å². The van der Waals surface area contributed by atoms with Crippen molar-refractivity contribution in [2.24, 2.45) is 0 Å². The molecule has 1 heterocycles. The molecule has 0 radical (unpaired) electrons. The van der Waals surface area contributed by atoms with E-state index in [1.54, 1.807) is 37.3 Å². The summed E-state index contributed by atoms with van der Waals surface area (Å²) in [7, 11) is 0. The molecule has 0 unspecified atom stereocenters. The van der Waals surface area contributed by atoms with Crippen molar-refractivity contribution in [2.45, 2.75) is 32.7 Å². The highest BCUT2D eigenvalue weighted by atomic mass is 16.4. The Hall–Kier alpha value is -3.09. The molecule has 2 amide bonds. The molecule has 132 valence electrons. The summed E-state index contributed by atoms with van der Waals surface area (Å²) in [6, 6.07) is 7.60. The summed E-state index contributed by atoms with van der Waals surface area (Å²) in [5.41, 5.74) is 1.64. The van der Waals surface area contributed by atoms with Crippen LogP contribution in [0.1, 0.15) is 46.2 Å². The Balaban J connectivity index is 1.99. The summed E-state index contributed by atoms with van der Waals surface area (Å²) in [6.07, 6.45) is 1.84. The molecule has 3 N–H and O–H groups in total. The maximum Gasteiger partial charge on any atom is 0.305 e. The first kappa shape index (κ1) is 18.3. The summed E-state index contributed by atoms with van der Waals surface area (Å²) in [4.78, 5) is 35.0. The van der Waals surface area contributed by atoms with Crippen LogP contribution in [0.4, 0.5) is 5.69 Å². The largest absolute Gasteiger partial charge is 0.481 e. The van der Waals surface area contributed by atoms with Gasteiger partial charge >= 0.3 is 5.97 Å². The third-order valence-electron chi connectivity index (χ3n) is 3.72. The minimum absolute atomic E-state index is 0.126. The molecule has 0 aliphatic heterocycles. The van der Waals surface area contributed by atoms with Gasteiger partial charge in [0.2, 0.25) is 0 Å². The number of hydrogen-bond donors (Lipinski definition) is 3. The van der Waals surface area contributed by atoms with Gasteiger partial charge in [-0.15, -0.1) is 0 Å². The number of nitrogens with one attached hydrogen (secondary N) is 2. The van der Waals surface area contributed by atoms with Crippen molar-refractivity contribution in [1.82, 2.24) is 5.32 Å². The number of aryl methyl sites for hydroxylation is 1. The number of carboxylic acid groups (broad SMARTS) is 1. The first-order valence-electron chi connectivity index (χ1n) is 7.89. The van der Waals surface area contributed by atoms with E-state index in [1.165, 1.54) is 6.26 Å². The van der Waals surface area contributed by atoms with Crippen molar-refractivity contribution in [2.75, 3.05) is 5.32 Å². The summed E-state index contributed by atoms with van der Waals surface area (Å²) >= 11 is 0. The van der Waals surface area contributed by atoms with E-state index in [4.69, 9.17) is 9.52 Å². The van der Waals surface area contributed by atoms with Gasteiger partial charge in [-0.1, -0.05) is 6.92 Å². The van der Waals surface area contributed by atoms with Crippen LogP contribution in [0.15, 0.2) is 41.0 Å². The van der Waals surface area contributed by atoms with E-state index in [9.17, 15) is 14.4 Å². The van der Waals surface area contributed by atoms with Crippen molar-refractivity contribution in [3.05, 3.63) is 53.5 Å². The highest BCUT2D eigenvalue weighted by Gasteiger charge is 2.16. The van der Waals surface area contributed by atoms with Crippen LogP contribution < -0.4 is 10.6 Å². The molecule has 1 aromatic carbocycles. The molecule has 0 saturated heterocycles. The quantitative estimate of drug-likeness (QED) is 0.715. The highest BCUT2D eigenvalue weighted by molar-refractivity contribution is 6.03. The van der Waals surface area contributed by atoms with Crippen LogP contribution in [-0.4, -0.2) is 28.9 Å². The molecule has 0 saturated carbocycles. The van der Waals surface area contributed by atoms with Crippen LogP contribution in [0.3, 0.4) is 0 Å². The standard InChI is InChI=1S/C18H20N2O5/c1-3-13(10-15(21)22)19-17(23)12-4-6-14(7-5-12)20-18(24)16-11(2)8-9-25-16/h4-9,13H,3,10H2,1-2H3,(H,19,23)(H,20,24)(H,21,22)/t13-/m0/s1. The Labute approximate surface area is 145 Å². The Kier molecular flexibility index (Phi) is 5.94. The molecule has 2 aromatic rings. The SMILES string of the molecule is CC[C@@H](CC(=O)O)NC(=O)c1ccc(NC(=O)c2occc2C)cc1. The molecular weight excluding hydrogens is 324 g/mol. The van der Waals surface area contributed by atoms with E-state index < -0.39 is 12.0 Å². The zero-order valence-electron chi connectivity index (χ0n) is 14.0. The van der Waals surface area contributed by atoms with E-state index in [1.807, 2.05) is 6.92 Å². The number of carbonyl (C=O) groups is 3. The van der Waals surface area contributed by atoms with Crippen molar-refractivity contribution < 1.29 is 23.9 Å². The van der Waals surface area contributed by atoms with Crippen molar-refractivity contribution in [3.8, 4) is 0 Å². The fraction of sp³-hybridized carbons (Fsp3) is 0.278. The highest BCUT2D eigenvalue weighted by Crippen LogP contribution is 2.14. The number of rotatable bonds is 7. The van der Waals surface area contributed by atoms with E-state index in [-0.39, 0.29) is 24.0 Å². The van der Waals surface area contributed by atoms with Crippen molar-refractivity contribution in [1.29, 1.82) is 0 Å². The van der Waals surface area contributed by atoms with Gasteiger partial charge in [0.05, 0.1) is 12.7 Å². The van der Waals surface area contributed by atoms with E-state index in [0.29, 0.717) is 17.7 Å². The number of amides is 2. The third-order valence-corrected chi connectivity index (χ3v) is 3.72. The fourth-order valence-corrected chi connectivity index (χ4v) is 2.28. The van der Waals surface area contributed by atoms with Gasteiger partial charge in [0.15, 0.2) is 5.76 Å². The van der Waals surface area contributed by atoms with Crippen LogP contribution in [0, 0.1) is 6.92 Å². The first-order chi connectivity index (χ1) is 11.9. The third kappa shape index (κ3) is 4.94. The predicted molar refractivity (Wildman–Crippen MR) is 91.6 cm³/mol. The second-order valence-electron chi connectivity index (χ2n) is 5.64.